The minimum atomic E-state index is -3.52. The number of nitrogens with one attached hydrogen (secondary N) is 2. The third-order valence-electron chi connectivity index (χ3n) is 1.42. The van der Waals surface area contributed by atoms with Crippen LogP contribution in [0.5, 0.6) is 0 Å². The maximum atomic E-state index is 11.1. The van der Waals surface area contributed by atoms with E-state index in [1.54, 1.807) is 0 Å². The normalized spacial score (nSPS) is 11.8. The number of hydrogen-bond donors (Lipinski definition) is 3. The maximum absolute atomic E-state index is 11.1. The minimum Gasteiger partial charge on any atom is -0.447 e. The lowest BCUT2D eigenvalue weighted by molar-refractivity contribution is 0.151. The summed E-state index contributed by atoms with van der Waals surface area (Å²) in [6.45, 7) is 0.0687. The van der Waals surface area contributed by atoms with Gasteiger partial charge < -0.3 is 9.62 Å². The van der Waals surface area contributed by atoms with Gasteiger partial charge in [0, 0.05) is 0 Å². The first-order chi connectivity index (χ1) is 6.10. The second-order valence-corrected chi connectivity index (χ2v) is 4.08. The molecule has 1 aromatic rings. The Morgan fingerprint density at radius 3 is 2.77 bits per heavy atom. The van der Waals surface area contributed by atoms with Crippen molar-refractivity contribution in [1.29, 1.82) is 0 Å². The number of furan rings is 1. The summed E-state index contributed by atoms with van der Waals surface area (Å²) >= 11 is 0. The van der Waals surface area contributed by atoms with Crippen LogP contribution in [0.15, 0.2) is 21.6 Å². The molecule has 13 heavy (non-hydrogen) atoms. The molecule has 3 N–H and O–H groups in total. The van der Waals surface area contributed by atoms with Crippen molar-refractivity contribution in [2.24, 2.45) is 0 Å². The fourth-order valence-corrected chi connectivity index (χ4v) is 1.44. The molecule has 0 amide bonds. The highest BCUT2D eigenvalue weighted by Gasteiger charge is 2.15. The van der Waals surface area contributed by atoms with Crippen LogP contribution >= 0.6 is 0 Å². The van der Waals surface area contributed by atoms with Crippen LogP contribution in [0.4, 0.5) is 0 Å². The summed E-state index contributed by atoms with van der Waals surface area (Å²) in [5, 5.41) is 8.15. The largest absolute Gasteiger partial charge is 0.447 e. The number of hydroxylamine groups is 1. The lowest BCUT2D eigenvalue weighted by Gasteiger charge is -1.96. The van der Waals surface area contributed by atoms with E-state index in [0.29, 0.717) is 5.76 Å². The Hall–Kier alpha value is -0.890. The van der Waals surface area contributed by atoms with Crippen LogP contribution in [0.2, 0.25) is 0 Å². The van der Waals surface area contributed by atoms with E-state index in [-0.39, 0.29) is 11.6 Å². The monoisotopic (exact) mass is 206 g/mol. The highest BCUT2D eigenvalue weighted by molar-refractivity contribution is 7.89. The van der Waals surface area contributed by atoms with E-state index >= 15 is 0 Å². The van der Waals surface area contributed by atoms with Gasteiger partial charge in [-0.3, -0.25) is 0 Å². The molecular weight excluding hydrogens is 196 g/mol. The zero-order valence-electron chi connectivity index (χ0n) is 6.94. The molecule has 0 aliphatic carbocycles. The van der Waals surface area contributed by atoms with Gasteiger partial charge in [-0.25, -0.2) is 13.1 Å². The summed E-state index contributed by atoms with van der Waals surface area (Å²) in [6.07, 6.45) is 0. The first kappa shape index (κ1) is 10.2. The molecule has 0 aliphatic rings. The zero-order chi connectivity index (χ0) is 9.90. The Morgan fingerprint density at radius 2 is 2.23 bits per heavy atom. The van der Waals surface area contributed by atoms with E-state index in [0.717, 1.165) is 0 Å². The summed E-state index contributed by atoms with van der Waals surface area (Å²) < 4.78 is 29.3. The molecule has 74 valence electrons. The average Bonchev–Trinajstić information content (AvgIpc) is 2.54. The van der Waals surface area contributed by atoms with E-state index in [1.165, 1.54) is 19.2 Å². The molecule has 0 radical (unpaired) electrons. The number of sulfonamides is 1. The second-order valence-electron chi connectivity index (χ2n) is 2.26. The highest BCUT2D eigenvalue weighted by atomic mass is 32.2. The van der Waals surface area contributed by atoms with Gasteiger partial charge in [0.2, 0.25) is 5.09 Å². The first-order valence-corrected chi connectivity index (χ1v) is 4.97. The molecule has 1 aromatic heterocycles. The van der Waals surface area contributed by atoms with Crippen LogP contribution in [0.3, 0.4) is 0 Å². The van der Waals surface area contributed by atoms with E-state index < -0.39 is 10.0 Å². The fraction of sp³-hybridized carbons (Fsp3) is 0.333. The molecule has 0 fully saturated rings. The molecule has 1 heterocycles. The highest BCUT2D eigenvalue weighted by Crippen LogP contribution is 2.12. The Balaban J connectivity index is 2.92. The zero-order valence-corrected chi connectivity index (χ0v) is 7.76. The predicted molar refractivity (Wildman–Crippen MR) is 43.6 cm³/mol. The summed E-state index contributed by atoms with van der Waals surface area (Å²) in [4.78, 5) is 0. The topological polar surface area (TPSA) is 91.6 Å². The molecule has 0 aromatic carbocycles. The van der Waals surface area contributed by atoms with E-state index in [4.69, 9.17) is 9.62 Å². The quantitative estimate of drug-likeness (QED) is 0.586. The van der Waals surface area contributed by atoms with Gasteiger partial charge in [0.15, 0.2) is 0 Å². The standard InChI is InChI=1S/C6H10N2O4S/c1-7-13(10,11)6-3-2-5(12-6)4-8-9/h2-3,7-9H,4H2,1H3. The van der Waals surface area contributed by atoms with E-state index in [1.807, 2.05) is 5.48 Å². The van der Waals surface area contributed by atoms with Crippen molar-refractivity contribution in [1.82, 2.24) is 10.2 Å². The Labute approximate surface area is 75.6 Å². The summed E-state index contributed by atoms with van der Waals surface area (Å²) in [7, 11) is -2.23. The van der Waals surface area contributed by atoms with Crippen LogP contribution in [0.25, 0.3) is 0 Å². The van der Waals surface area contributed by atoms with Gasteiger partial charge in [-0.2, -0.15) is 5.48 Å². The molecular formula is C6H10N2O4S. The summed E-state index contributed by atoms with van der Waals surface area (Å²) in [6, 6.07) is 2.78. The number of hydrogen-bond acceptors (Lipinski definition) is 5. The minimum absolute atomic E-state index is 0.0687. The predicted octanol–water partition coefficient (Wildman–Crippen LogP) is -0.334. The SMILES string of the molecule is CNS(=O)(=O)c1ccc(CNO)o1. The fourth-order valence-electron chi connectivity index (χ4n) is 0.776. The van der Waals surface area contributed by atoms with Crippen molar-refractivity contribution in [2.75, 3.05) is 7.05 Å². The van der Waals surface area contributed by atoms with Crippen molar-refractivity contribution >= 4 is 10.0 Å². The van der Waals surface area contributed by atoms with Crippen molar-refractivity contribution in [3.8, 4) is 0 Å². The third kappa shape index (κ3) is 2.28. The van der Waals surface area contributed by atoms with Gasteiger partial charge in [-0.15, -0.1) is 0 Å². The third-order valence-corrected chi connectivity index (χ3v) is 2.71. The molecule has 0 atom stereocenters. The van der Waals surface area contributed by atoms with Gasteiger partial charge in [-0.1, -0.05) is 0 Å². The molecule has 0 spiro atoms. The molecule has 6 nitrogen and oxygen atoms in total. The molecule has 0 unspecified atom stereocenters. The molecule has 0 saturated heterocycles. The summed E-state index contributed by atoms with van der Waals surface area (Å²) in [5.41, 5.74) is 1.86. The Morgan fingerprint density at radius 1 is 1.54 bits per heavy atom. The molecule has 1 rings (SSSR count). The first-order valence-electron chi connectivity index (χ1n) is 3.49. The molecule has 7 heteroatoms. The van der Waals surface area contributed by atoms with Crippen LogP contribution in [0.1, 0.15) is 5.76 Å². The maximum Gasteiger partial charge on any atom is 0.273 e. The lowest BCUT2D eigenvalue weighted by Crippen LogP contribution is -2.17. The van der Waals surface area contributed by atoms with Gasteiger partial charge in [0.05, 0.1) is 6.54 Å². The van der Waals surface area contributed by atoms with Gasteiger partial charge in [0.1, 0.15) is 5.76 Å². The Bertz CT molecular complexity index is 370. The van der Waals surface area contributed by atoms with Crippen LogP contribution in [-0.4, -0.2) is 20.7 Å². The molecule has 0 aliphatic heterocycles. The summed E-state index contributed by atoms with van der Waals surface area (Å²) in [5.74, 6) is 0.344. The van der Waals surface area contributed by atoms with Crippen molar-refractivity contribution in [3.63, 3.8) is 0 Å². The van der Waals surface area contributed by atoms with Gasteiger partial charge in [-0.05, 0) is 19.2 Å². The second kappa shape index (κ2) is 3.88. The van der Waals surface area contributed by atoms with Gasteiger partial charge in [0.25, 0.3) is 10.0 Å². The van der Waals surface area contributed by atoms with Gasteiger partial charge >= 0.3 is 0 Å². The van der Waals surface area contributed by atoms with Crippen LogP contribution in [0, 0.1) is 0 Å². The Kier molecular flexibility index (Phi) is 3.04. The smallest absolute Gasteiger partial charge is 0.273 e. The van der Waals surface area contributed by atoms with Crippen molar-refractivity contribution in [2.45, 2.75) is 11.6 Å². The van der Waals surface area contributed by atoms with E-state index in [9.17, 15) is 8.42 Å². The van der Waals surface area contributed by atoms with Crippen LogP contribution < -0.4 is 10.2 Å². The molecule has 0 saturated carbocycles. The van der Waals surface area contributed by atoms with E-state index in [2.05, 4.69) is 4.72 Å². The van der Waals surface area contributed by atoms with Crippen LogP contribution in [-0.2, 0) is 16.6 Å². The number of rotatable bonds is 4. The van der Waals surface area contributed by atoms with Crippen molar-refractivity contribution in [3.05, 3.63) is 17.9 Å². The average molecular weight is 206 g/mol. The molecule has 0 bridgehead atoms. The van der Waals surface area contributed by atoms with Crippen molar-refractivity contribution < 1.29 is 18.0 Å². The lowest BCUT2D eigenvalue weighted by atomic mass is 10.5.